The van der Waals surface area contributed by atoms with Crippen LogP contribution in [0.25, 0.3) is 6.08 Å². The Balaban J connectivity index is 2.31. The second kappa shape index (κ2) is 7.50. The van der Waals surface area contributed by atoms with Crippen molar-refractivity contribution in [3.05, 3.63) is 40.5 Å². The largest absolute Gasteiger partial charge is 0.481 e. The number of nitrogens with one attached hydrogen (secondary N) is 2. The SMILES string of the molecule is O=C(O)CCNC(=O)N/C=C/c1cccc(Br)c1. The van der Waals surface area contributed by atoms with Crippen molar-refractivity contribution >= 4 is 34.0 Å². The Hall–Kier alpha value is -1.82. The van der Waals surface area contributed by atoms with Gasteiger partial charge in [0.05, 0.1) is 6.42 Å². The van der Waals surface area contributed by atoms with Crippen LogP contribution in [0.5, 0.6) is 0 Å². The predicted molar refractivity (Wildman–Crippen MR) is 72.0 cm³/mol. The normalized spacial score (nSPS) is 10.3. The maximum atomic E-state index is 11.2. The van der Waals surface area contributed by atoms with Gasteiger partial charge in [-0.2, -0.15) is 0 Å². The van der Waals surface area contributed by atoms with E-state index in [0.717, 1.165) is 10.0 Å². The van der Waals surface area contributed by atoms with Crippen LogP contribution in [0.4, 0.5) is 4.79 Å². The minimum absolute atomic E-state index is 0.0945. The molecule has 96 valence electrons. The third-order valence-corrected chi connectivity index (χ3v) is 2.46. The zero-order valence-corrected chi connectivity index (χ0v) is 11.1. The van der Waals surface area contributed by atoms with E-state index in [1.54, 1.807) is 6.08 Å². The molecule has 6 heteroatoms. The average molecular weight is 313 g/mol. The van der Waals surface area contributed by atoms with E-state index in [0.29, 0.717) is 0 Å². The van der Waals surface area contributed by atoms with Gasteiger partial charge >= 0.3 is 12.0 Å². The fourth-order valence-electron chi connectivity index (χ4n) is 1.16. The number of urea groups is 1. The van der Waals surface area contributed by atoms with Gasteiger partial charge in [-0.3, -0.25) is 4.79 Å². The van der Waals surface area contributed by atoms with E-state index in [4.69, 9.17) is 5.11 Å². The molecule has 0 aliphatic heterocycles. The third kappa shape index (κ3) is 6.05. The summed E-state index contributed by atoms with van der Waals surface area (Å²) in [6.07, 6.45) is 3.14. The fraction of sp³-hybridized carbons (Fsp3) is 0.167. The molecular weight excluding hydrogens is 300 g/mol. The van der Waals surface area contributed by atoms with Gasteiger partial charge in [-0.25, -0.2) is 4.79 Å². The molecule has 0 aliphatic carbocycles. The summed E-state index contributed by atoms with van der Waals surface area (Å²) in [6, 6.07) is 7.16. The van der Waals surface area contributed by atoms with Crippen LogP contribution in [0.2, 0.25) is 0 Å². The van der Waals surface area contributed by atoms with Crippen LogP contribution >= 0.6 is 15.9 Å². The first-order valence-corrected chi connectivity index (χ1v) is 6.05. The Kier molecular flexibility index (Phi) is 5.93. The first kappa shape index (κ1) is 14.2. The Morgan fingerprint density at radius 1 is 1.39 bits per heavy atom. The molecule has 0 heterocycles. The number of rotatable bonds is 5. The molecule has 2 amide bonds. The highest BCUT2D eigenvalue weighted by molar-refractivity contribution is 9.10. The number of benzene rings is 1. The quantitative estimate of drug-likeness (QED) is 0.780. The summed E-state index contributed by atoms with van der Waals surface area (Å²) >= 11 is 3.34. The molecular formula is C12H13BrN2O3. The number of halogens is 1. The smallest absolute Gasteiger partial charge is 0.318 e. The predicted octanol–water partition coefficient (Wildman–Crippen LogP) is 2.19. The molecule has 0 radical (unpaired) electrons. The van der Waals surface area contributed by atoms with Crippen molar-refractivity contribution in [2.75, 3.05) is 6.54 Å². The molecule has 5 nitrogen and oxygen atoms in total. The summed E-state index contributed by atoms with van der Waals surface area (Å²) in [6.45, 7) is 0.103. The van der Waals surface area contributed by atoms with Gasteiger partial charge in [0.2, 0.25) is 0 Å². The van der Waals surface area contributed by atoms with E-state index >= 15 is 0 Å². The Morgan fingerprint density at radius 3 is 2.83 bits per heavy atom. The van der Waals surface area contributed by atoms with Gasteiger partial charge in [0.25, 0.3) is 0 Å². The molecule has 3 N–H and O–H groups in total. The highest BCUT2D eigenvalue weighted by atomic mass is 79.9. The molecule has 0 saturated carbocycles. The van der Waals surface area contributed by atoms with Crippen LogP contribution in [0.3, 0.4) is 0 Å². The molecule has 0 bridgehead atoms. The minimum atomic E-state index is -0.944. The summed E-state index contributed by atoms with van der Waals surface area (Å²) in [4.78, 5) is 21.4. The zero-order valence-electron chi connectivity index (χ0n) is 9.52. The number of carbonyl (C=O) groups is 2. The maximum absolute atomic E-state index is 11.2. The fourth-order valence-corrected chi connectivity index (χ4v) is 1.57. The lowest BCUT2D eigenvalue weighted by atomic mass is 10.2. The number of aliphatic carboxylic acids is 1. The highest BCUT2D eigenvalue weighted by Gasteiger charge is 1.99. The van der Waals surface area contributed by atoms with E-state index in [1.165, 1.54) is 6.20 Å². The van der Waals surface area contributed by atoms with Crippen LogP contribution < -0.4 is 10.6 Å². The van der Waals surface area contributed by atoms with Crippen molar-refractivity contribution in [3.63, 3.8) is 0 Å². The third-order valence-electron chi connectivity index (χ3n) is 1.96. The second-order valence-corrected chi connectivity index (χ2v) is 4.35. The number of hydrogen-bond acceptors (Lipinski definition) is 2. The van der Waals surface area contributed by atoms with E-state index < -0.39 is 12.0 Å². The summed E-state index contributed by atoms with van der Waals surface area (Å²) in [5.74, 6) is -0.944. The molecule has 0 aromatic heterocycles. The van der Waals surface area contributed by atoms with Gasteiger partial charge in [-0.15, -0.1) is 0 Å². The Bertz CT molecular complexity index is 460. The zero-order chi connectivity index (χ0) is 13.4. The van der Waals surface area contributed by atoms with E-state index in [1.807, 2.05) is 24.3 Å². The van der Waals surface area contributed by atoms with Crippen molar-refractivity contribution < 1.29 is 14.7 Å². The number of amides is 2. The second-order valence-electron chi connectivity index (χ2n) is 3.43. The molecule has 18 heavy (non-hydrogen) atoms. The molecule has 1 rings (SSSR count). The van der Waals surface area contributed by atoms with Crippen LogP contribution in [0.1, 0.15) is 12.0 Å². The average Bonchev–Trinajstić information content (AvgIpc) is 2.28. The minimum Gasteiger partial charge on any atom is -0.481 e. The number of carboxylic acids is 1. The van der Waals surface area contributed by atoms with E-state index in [9.17, 15) is 9.59 Å². The number of carbonyl (C=O) groups excluding carboxylic acids is 1. The lowest BCUT2D eigenvalue weighted by molar-refractivity contribution is -0.136. The Morgan fingerprint density at radius 2 is 2.17 bits per heavy atom. The Labute approximate surface area is 113 Å². The van der Waals surface area contributed by atoms with Crippen molar-refractivity contribution in [2.45, 2.75) is 6.42 Å². The molecule has 0 atom stereocenters. The summed E-state index contributed by atoms with van der Waals surface area (Å²) in [5.41, 5.74) is 0.940. The van der Waals surface area contributed by atoms with Gasteiger partial charge in [0.15, 0.2) is 0 Å². The molecule has 0 aliphatic rings. The van der Waals surface area contributed by atoms with Crippen molar-refractivity contribution in [1.82, 2.24) is 10.6 Å². The van der Waals surface area contributed by atoms with Gasteiger partial charge in [-0.05, 0) is 23.8 Å². The van der Waals surface area contributed by atoms with E-state index in [-0.39, 0.29) is 13.0 Å². The lowest BCUT2D eigenvalue weighted by Crippen LogP contribution is -2.33. The van der Waals surface area contributed by atoms with E-state index in [2.05, 4.69) is 26.6 Å². The summed E-state index contributed by atoms with van der Waals surface area (Å²) < 4.78 is 0.954. The molecule has 0 spiro atoms. The maximum Gasteiger partial charge on any atom is 0.318 e. The van der Waals surface area contributed by atoms with Crippen molar-refractivity contribution in [1.29, 1.82) is 0 Å². The highest BCUT2D eigenvalue weighted by Crippen LogP contribution is 2.12. The van der Waals surface area contributed by atoms with Gasteiger partial charge in [0, 0.05) is 17.2 Å². The molecule has 0 fully saturated rings. The van der Waals surface area contributed by atoms with Gasteiger partial charge in [0.1, 0.15) is 0 Å². The molecule has 1 aromatic carbocycles. The number of hydrogen-bond donors (Lipinski definition) is 3. The first-order valence-electron chi connectivity index (χ1n) is 5.26. The lowest BCUT2D eigenvalue weighted by Gasteiger charge is -2.02. The van der Waals surface area contributed by atoms with Crippen LogP contribution in [-0.4, -0.2) is 23.7 Å². The first-order chi connectivity index (χ1) is 8.58. The summed E-state index contributed by atoms with van der Waals surface area (Å²) in [7, 11) is 0. The van der Waals surface area contributed by atoms with Gasteiger partial charge in [-0.1, -0.05) is 28.1 Å². The van der Waals surface area contributed by atoms with Crippen LogP contribution in [0, 0.1) is 0 Å². The van der Waals surface area contributed by atoms with Crippen LogP contribution in [0.15, 0.2) is 34.9 Å². The van der Waals surface area contributed by atoms with Gasteiger partial charge < -0.3 is 15.7 Å². The van der Waals surface area contributed by atoms with Crippen LogP contribution in [-0.2, 0) is 4.79 Å². The number of carboxylic acid groups (broad SMARTS) is 1. The van der Waals surface area contributed by atoms with Crippen molar-refractivity contribution in [2.24, 2.45) is 0 Å². The molecule has 1 aromatic rings. The molecule has 0 saturated heterocycles. The van der Waals surface area contributed by atoms with Crippen molar-refractivity contribution in [3.8, 4) is 0 Å². The standard InChI is InChI=1S/C12H13BrN2O3/c13-10-3-1-2-9(8-10)4-6-14-12(18)15-7-5-11(16)17/h1-4,6,8H,5,7H2,(H,16,17)(H2,14,15,18)/b6-4+. The molecule has 0 unspecified atom stereocenters. The topological polar surface area (TPSA) is 78.4 Å². The summed E-state index contributed by atoms with van der Waals surface area (Å²) in [5, 5.41) is 13.3. The monoisotopic (exact) mass is 312 g/mol.